The molecule has 9 aromatic rings. The summed E-state index contributed by atoms with van der Waals surface area (Å²) >= 11 is 17.2. The van der Waals surface area contributed by atoms with Crippen molar-refractivity contribution in [2.24, 2.45) is 0 Å². The smallest absolute Gasteiger partial charge is 0.309 e. The molecular formula is C67H75Cl3F3N11O8. The zero-order valence-electron chi connectivity index (χ0n) is 51.2. The third kappa shape index (κ3) is 21.3. The number of benzene rings is 6. The Bertz CT molecular complexity index is 4020. The molecule has 6 N–H and O–H groups in total. The maximum absolute atomic E-state index is 14.0. The molecule has 0 unspecified atom stereocenters. The topological polar surface area (TPSA) is 257 Å². The first-order valence-electron chi connectivity index (χ1n) is 29.0. The standard InChI is InChI=1S/C23H24ClFN4O3.C21H22ClFN4O2.C13H17ClFNO.C9H8N2O2.CH4/c1-14(2)28(13-21(31)26-12-16-7-6-9-18(24)23(16)25)22(32)11-19-17-8-4-5-10-20(17)29(27-19)15(3)30;1-13(2)27(12-19(28)24-11-14-6-5-8-16(22)21(14)23)20(29)10-18-15-7-3-4-9-17(15)25-26-18;1-9(2)16-8-11(17)7-6-10-4-3-5-12(14)13(10)15;12-9(13)5-8-6-3-1-2-4-7(6)10-11-8;/h4-10,14H,11-13H2,1-3H3,(H,26,31);3-9,13H,10-12H2,1-2H3,(H,24,28)(H,25,26);3-5,9,16H,6-8H2,1-2H3;1-4H,5H2,(H,10,11)(H,12,13);1H4. The summed E-state index contributed by atoms with van der Waals surface area (Å²) in [4.78, 5) is 87.4. The Morgan fingerprint density at radius 1 is 0.565 bits per heavy atom. The SMILES string of the molecule is C.CC(=O)n1nc(CC(=O)N(CC(=O)NCc2cccc(Cl)c2F)C(C)C)c2ccccc21.CC(C)N(CC(=O)NCc1cccc(Cl)c1F)C(=O)Cc1[nH]nc2ccccc12.CC(C)NCC(=O)CCc1cccc(Cl)c1F.O=C(O)Cc1[nH]nc2ccccc12. The average Bonchev–Trinajstić information content (AvgIpc) is 1.77. The van der Waals surface area contributed by atoms with Gasteiger partial charge in [0, 0.05) is 71.8 Å². The number of nitrogens with one attached hydrogen (secondary N) is 5. The average molecular weight is 1330 g/mol. The molecule has 0 aliphatic rings. The maximum atomic E-state index is 14.0. The molecule has 0 saturated heterocycles. The number of fused-ring (bicyclic) bond motifs is 3. The molecule has 0 radical (unpaired) electrons. The van der Waals surface area contributed by atoms with Crippen LogP contribution in [0.1, 0.15) is 101 Å². The number of aromatic amines is 2. The van der Waals surface area contributed by atoms with Gasteiger partial charge in [0.2, 0.25) is 29.5 Å². The van der Waals surface area contributed by atoms with Crippen molar-refractivity contribution in [3.63, 3.8) is 0 Å². The molecule has 0 saturated carbocycles. The van der Waals surface area contributed by atoms with E-state index in [9.17, 15) is 46.7 Å². The minimum absolute atomic E-state index is 0. The number of para-hydroxylation sites is 3. The van der Waals surface area contributed by atoms with E-state index in [0.717, 1.165) is 21.8 Å². The van der Waals surface area contributed by atoms with Gasteiger partial charge in [-0.2, -0.15) is 15.3 Å². The second kappa shape index (κ2) is 35.6. The first kappa shape index (κ1) is 73.8. The first-order valence-corrected chi connectivity index (χ1v) is 30.2. The molecule has 488 valence electrons. The van der Waals surface area contributed by atoms with E-state index >= 15 is 0 Å². The van der Waals surface area contributed by atoms with Gasteiger partial charge in [0.05, 0.1) is 87.6 Å². The summed E-state index contributed by atoms with van der Waals surface area (Å²) in [6.07, 6.45) is 0.757. The van der Waals surface area contributed by atoms with Crippen LogP contribution in [0.5, 0.6) is 0 Å². The van der Waals surface area contributed by atoms with Crippen molar-refractivity contribution < 1.29 is 51.8 Å². The first-order chi connectivity index (χ1) is 43.3. The van der Waals surface area contributed by atoms with Crippen LogP contribution >= 0.6 is 34.8 Å². The van der Waals surface area contributed by atoms with Crippen LogP contribution in [0.15, 0.2) is 127 Å². The molecule has 4 amide bonds. The van der Waals surface area contributed by atoms with E-state index in [4.69, 9.17) is 39.9 Å². The van der Waals surface area contributed by atoms with Crippen LogP contribution in [0.25, 0.3) is 32.7 Å². The van der Waals surface area contributed by atoms with Crippen LogP contribution in [0.4, 0.5) is 13.2 Å². The maximum Gasteiger partial charge on any atom is 0.309 e. The number of carboxylic acid groups (broad SMARTS) is 1. The second-order valence-electron chi connectivity index (χ2n) is 21.8. The van der Waals surface area contributed by atoms with Gasteiger partial charge in [0.15, 0.2) is 0 Å². The van der Waals surface area contributed by atoms with Crippen LogP contribution in [0.2, 0.25) is 15.1 Å². The number of Topliss-reactive ketones (excluding diaryl/α,β-unsaturated/α-hetero) is 1. The van der Waals surface area contributed by atoms with Crippen LogP contribution in [-0.2, 0) is 67.5 Å². The van der Waals surface area contributed by atoms with Crippen LogP contribution in [0, 0.1) is 17.5 Å². The Hall–Kier alpha value is -8.96. The predicted molar refractivity (Wildman–Crippen MR) is 352 cm³/mol. The summed E-state index contributed by atoms with van der Waals surface area (Å²) in [6.45, 7) is 12.6. The number of nitrogens with zero attached hydrogens (tertiary/aromatic N) is 6. The van der Waals surface area contributed by atoms with Crippen molar-refractivity contribution in [1.29, 1.82) is 0 Å². The number of amides is 4. The van der Waals surface area contributed by atoms with Gasteiger partial charge in [-0.1, -0.05) is 147 Å². The van der Waals surface area contributed by atoms with Crippen molar-refractivity contribution in [2.45, 2.75) is 119 Å². The van der Waals surface area contributed by atoms with Crippen molar-refractivity contribution >= 4 is 109 Å². The monoisotopic (exact) mass is 1320 g/mol. The number of carbonyl (C=O) groups is 7. The molecule has 9 rings (SSSR count). The summed E-state index contributed by atoms with van der Waals surface area (Å²) in [5, 5.41) is 37.6. The minimum Gasteiger partial charge on any atom is -0.481 e. The molecule has 0 atom stereocenters. The highest BCUT2D eigenvalue weighted by Gasteiger charge is 2.25. The molecule has 0 aliphatic heterocycles. The lowest BCUT2D eigenvalue weighted by atomic mass is 10.1. The Balaban J connectivity index is 0.000000234. The lowest BCUT2D eigenvalue weighted by molar-refractivity contribution is -0.137. The molecule has 0 aliphatic carbocycles. The minimum atomic E-state index is -0.852. The quantitative estimate of drug-likeness (QED) is 0.0370. The lowest BCUT2D eigenvalue weighted by Crippen LogP contribution is -2.45. The van der Waals surface area contributed by atoms with Gasteiger partial charge in [0.25, 0.3) is 0 Å². The summed E-state index contributed by atoms with van der Waals surface area (Å²) in [7, 11) is 0. The third-order valence-electron chi connectivity index (χ3n) is 14.0. The van der Waals surface area contributed by atoms with E-state index in [-0.39, 0.29) is 127 Å². The van der Waals surface area contributed by atoms with E-state index in [1.54, 1.807) is 62.4 Å². The number of aromatic nitrogens is 6. The normalized spacial score (nSPS) is 10.8. The van der Waals surface area contributed by atoms with Gasteiger partial charge >= 0.3 is 5.97 Å². The number of hydrogen-bond acceptors (Lipinski definition) is 11. The van der Waals surface area contributed by atoms with Gasteiger partial charge in [-0.15, -0.1) is 0 Å². The fourth-order valence-corrected chi connectivity index (χ4v) is 9.75. The van der Waals surface area contributed by atoms with Crippen LogP contribution < -0.4 is 16.0 Å². The molecular weight excluding hydrogens is 1250 g/mol. The number of rotatable bonds is 22. The number of H-pyrrole nitrogens is 2. The fraction of sp³-hybridized carbons (Fsp3) is 0.313. The summed E-state index contributed by atoms with van der Waals surface area (Å²) in [5.41, 5.74) is 5.09. The van der Waals surface area contributed by atoms with Gasteiger partial charge < -0.3 is 30.9 Å². The zero-order valence-corrected chi connectivity index (χ0v) is 53.5. The number of ketones is 1. The van der Waals surface area contributed by atoms with E-state index < -0.39 is 29.3 Å². The van der Waals surface area contributed by atoms with Crippen molar-refractivity contribution in [3.8, 4) is 0 Å². The number of hydrogen-bond donors (Lipinski definition) is 6. The Labute approximate surface area is 546 Å². The zero-order chi connectivity index (χ0) is 66.5. The van der Waals surface area contributed by atoms with E-state index in [1.165, 1.54) is 45.7 Å². The van der Waals surface area contributed by atoms with Crippen molar-refractivity contribution in [3.05, 3.63) is 194 Å². The van der Waals surface area contributed by atoms with Crippen molar-refractivity contribution in [1.82, 2.24) is 55.9 Å². The molecule has 6 aromatic carbocycles. The predicted octanol–water partition coefficient (Wildman–Crippen LogP) is 11.8. The number of aliphatic carboxylic acids is 1. The molecule has 92 heavy (non-hydrogen) atoms. The largest absolute Gasteiger partial charge is 0.481 e. The lowest BCUT2D eigenvalue weighted by Gasteiger charge is -2.26. The Morgan fingerprint density at radius 3 is 1.45 bits per heavy atom. The number of carboxylic acids is 1. The van der Waals surface area contributed by atoms with E-state index in [1.807, 2.05) is 82.3 Å². The third-order valence-corrected chi connectivity index (χ3v) is 14.8. The highest BCUT2D eigenvalue weighted by molar-refractivity contribution is 6.31. The van der Waals surface area contributed by atoms with Crippen molar-refractivity contribution in [2.75, 3.05) is 19.6 Å². The van der Waals surface area contributed by atoms with Gasteiger partial charge in [-0.3, -0.25) is 43.8 Å². The Kier molecular flexibility index (Phi) is 28.5. The van der Waals surface area contributed by atoms with Gasteiger partial charge in [0.1, 0.15) is 23.2 Å². The van der Waals surface area contributed by atoms with Crippen LogP contribution in [-0.4, -0.2) is 124 Å². The molecule has 3 aromatic heterocycles. The molecule has 0 fully saturated rings. The molecule has 0 bridgehead atoms. The van der Waals surface area contributed by atoms with Crippen LogP contribution in [0.3, 0.4) is 0 Å². The molecule has 25 heteroatoms. The summed E-state index contributed by atoms with van der Waals surface area (Å²) < 4.78 is 42.7. The number of halogens is 6. The summed E-state index contributed by atoms with van der Waals surface area (Å²) in [5.74, 6) is -3.89. The fourth-order valence-electron chi connectivity index (χ4n) is 9.17. The van der Waals surface area contributed by atoms with Gasteiger partial charge in [-0.25, -0.2) is 17.9 Å². The van der Waals surface area contributed by atoms with E-state index in [0.29, 0.717) is 52.9 Å². The highest BCUT2D eigenvalue weighted by Crippen LogP contribution is 2.24. The second-order valence-corrected chi connectivity index (χ2v) is 23.0. The molecule has 19 nitrogen and oxygen atoms in total. The van der Waals surface area contributed by atoms with Gasteiger partial charge in [-0.05, 0) is 76.1 Å². The molecule has 0 spiro atoms. The van der Waals surface area contributed by atoms with E-state index in [2.05, 4.69) is 41.4 Å². The summed E-state index contributed by atoms with van der Waals surface area (Å²) in [6, 6.07) is 36.0. The molecule has 3 heterocycles. The highest BCUT2D eigenvalue weighted by atomic mass is 35.5. The number of aryl methyl sites for hydroxylation is 1. The Morgan fingerprint density at radius 2 is 0.989 bits per heavy atom. The number of carbonyl (C=O) groups excluding carboxylic acids is 6.